The van der Waals surface area contributed by atoms with Crippen molar-refractivity contribution in [2.45, 2.75) is 25.7 Å². The molecular formula is C15H16N2O. The largest absolute Gasteiger partial charge is 0.326 e. The van der Waals surface area contributed by atoms with Gasteiger partial charge in [-0.25, -0.2) is 0 Å². The van der Waals surface area contributed by atoms with E-state index in [9.17, 15) is 4.79 Å². The Labute approximate surface area is 107 Å². The molecule has 0 saturated heterocycles. The van der Waals surface area contributed by atoms with Crippen LogP contribution in [0.1, 0.15) is 24.8 Å². The summed E-state index contributed by atoms with van der Waals surface area (Å²) in [6.45, 7) is 0. The van der Waals surface area contributed by atoms with Crippen LogP contribution in [0.15, 0.2) is 36.4 Å². The lowest BCUT2D eigenvalue weighted by Gasteiger charge is -2.17. The number of hydrogen-bond acceptors (Lipinski definition) is 2. The van der Waals surface area contributed by atoms with Crippen molar-refractivity contribution < 1.29 is 4.79 Å². The molecule has 0 aliphatic heterocycles. The minimum Gasteiger partial charge on any atom is -0.326 e. The first-order valence-corrected chi connectivity index (χ1v) is 6.21. The molecule has 1 unspecified atom stereocenters. The average Bonchev–Trinajstić information content (AvgIpc) is 2.42. The van der Waals surface area contributed by atoms with E-state index in [0.29, 0.717) is 6.42 Å². The topological polar surface area (TPSA) is 52.9 Å². The van der Waals surface area contributed by atoms with E-state index in [0.717, 1.165) is 30.5 Å². The van der Waals surface area contributed by atoms with Crippen LogP contribution < -0.4 is 5.32 Å². The van der Waals surface area contributed by atoms with Gasteiger partial charge in [-0.2, -0.15) is 5.26 Å². The Balaban J connectivity index is 1.94. The maximum atomic E-state index is 12.0. The van der Waals surface area contributed by atoms with Crippen LogP contribution in [0.25, 0.3) is 0 Å². The highest BCUT2D eigenvalue weighted by atomic mass is 16.1. The number of benzene rings is 1. The third kappa shape index (κ3) is 3.21. The fourth-order valence-electron chi connectivity index (χ4n) is 2.07. The van der Waals surface area contributed by atoms with Gasteiger partial charge in [0.15, 0.2) is 0 Å². The molecule has 1 N–H and O–H groups in total. The second kappa shape index (κ2) is 6.02. The van der Waals surface area contributed by atoms with Gasteiger partial charge in [0.2, 0.25) is 5.91 Å². The van der Waals surface area contributed by atoms with E-state index in [4.69, 9.17) is 5.26 Å². The van der Waals surface area contributed by atoms with E-state index in [2.05, 4.69) is 23.5 Å². The Morgan fingerprint density at radius 3 is 2.72 bits per heavy atom. The van der Waals surface area contributed by atoms with Crippen LogP contribution in [0.2, 0.25) is 0 Å². The summed E-state index contributed by atoms with van der Waals surface area (Å²) < 4.78 is 0. The molecule has 1 atom stereocenters. The monoisotopic (exact) mass is 240 g/mol. The van der Waals surface area contributed by atoms with Gasteiger partial charge in [0.25, 0.3) is 0 Å². The molecule has 2 rings (SSSR count). The first-order chi connectivity index (χ1) is 8.79. The molecule has 92 valence electrons. The molecule has 0 saturated carbocycles. The maximum Gasteiger partial charge on any atom is 0.227 e. The second-order valence-electron chi connectivity index (χ2n) is 4.50. The quantitative estimate of drug-likeness (QED) is 0.825. The van der Waals surface area contributed by atoms with Crippen molar-refractivity contribution in [3.05, 3.63) is 42.0 Å². The first-order valence-electron chi connectivity index (χ1n) is 6.21. The number of carbonyl (C=O) groups excluding carboxylic acids is 1. The van der Waals surface area contributed by atoms with Gasteiger partial charge in [-0.05, 0) is 37.0 Å². The van der Waals surface area contributed by atoms with Gasteiger partial charge in [0.05, 0.1) is 12.5 Å². The summed E-state index contributed by atoms with van der Waals surface area (Å²) in [4.78, 5) is 12.0. The number of rotatable bonds is 3. The number of amides is 1. The van der Waals surface area contributed by atoms with Crippen molar-refractivity contribution in [3.8, 4) is 6.07 Å². The molecule has 1 aromatic rings. The molecular weight excluding hydrogens is 224 g/mol. The molecule has 3 nitrogen and oxygen atoms in total. The minimum atomic E-state index is 0.0902. The molecule has 1 aromatic carbocycles. The summed E-state index contributed by atoms with van der Waals surface area (Å²) in [5.41, 5.74) is 1.77. The highest BCUT2D eigenvalue weighted by molar-refractivity contribution is 5.92. The van der Waals surface area contributed by atoms with Gasteiger partial charge in [-0.1, -0.05) is 24.3 Å². The summed E-state index contributed by atoms with van der Waals surface area (Å²) >= 11 is 0. The molecule has 1 aliphatic rings. The minimum absolute atomic E-state index is 0.0902. The fraction of sp³-hybridized carbons (Fsp3) is 0.333. The molecule has 0 aromatic heterocycles. The number of nitriles is 1. The van der Waals surface area contributed by atoms with Crippen LogP contribution in [0.4, 0.5) is 5.69 Å². The van der Waals surface area contributed by atoms with E-state index in [1.165, 1.54) is 0 Å². The van der Waals surface area contributed by atoms with Gasteiger partial charge in [-0.15, -0.1) is 0 Å². The van der Waals surface area contributed by atoms with E-state index < -0.39 is 0 Å². The van der Waals surface area contributed by atoms with Crippen LogP contribution in [-0.4, -0.2) is 5.91 Å². The van der Waals surface area contributed by atoms with Crippen molar-refractivity contribution in [1.29, 1.82) is 5.26 Å². The Morgan fingerprint density at radius 1 is 1.33 bits per heavy atom. The predicted molar refractivity (Wildman–Crippen MR) is 70.9 cm³/mol. The number of nitrogens with zero attached hydrogens (tertiary/aromatic N) is 1. The average molecular weight is 240 g/mol. The van der Waals surface area contributed by atoms with Crippen molar-refractivity contribution in [2.24, 2.45) is 5.92 Å². The molecule has 1 amide bonds. The summed E-state index contributed by atoms with van der Waals surface area (Å²) in [5, 5.41) is 11.5. The lowest BCUT2D eigenvalue weighted by atomic mass is 9.93. The standard InChI is InChI=1S/C15H16N2O/c16-11-10-12-6-8-14(9-7-12)17-15(18)13-4-2-1-3-5-13/h1-2,6-9,13H,3-5,10H2,(H,17,18). The lowest BCUT2D eigenvalue weighted by Crippen LogP contribution is -2.23. The lowest BCUT2D eigenvalue weighted by molar-refractivity contribution is -0.120. The van der Waals surface area contributed by atoms with Crippen LogP contribution in [-0.2, 0) is 11.2 Å². The molecule has 0 spiro atoms. The van der Waals surface area contributed by atoms with Crippen LogP contribution >= 0.6 is 0 Å². The molecule has 18 heavy (non-hydrogen) atoms. The Morgan fingerprint density at radius 2 is 2.11 bits per heavy atom. The van der Waals surface area contributed by atoms with Gasteiger partial charge in [-0.3, -0.25) is 4.79 Å². The zero-order valence-electron chi connectivity index (χ0n) is 10.2. The summed E-state index contributed by atoms with van der Waals surface area (Å²) in [6.07, 6.45) is 7.35. The fourth-order valence-corrected chi connectivity index (χ4v) is 2.07. The number of allylic oxidation sites excluding steroid dienone is 2. The van der Waals surface area contributed by atoms with Gasteiger partial charge in [0, 0.05) is 11.6 Å². The predicted octanol–water partition coefficient (Wildman–Crippen LogP) is 3.05. The molecule has 0 bridgehead atoms. The smallest absolute Gasteiger partial charge is 0.227 e. The Kier molecular flexibility index (Phi) is 4.14. The van der Waals surface area contributed by atoms with Crippen LogP contribution in [0, 0.1) is 17.2 Å². The van der Waals surface area contributed by atoms with Crippen molar-refractivity contribution >= 4 is 11.6 Å². The van der Waals surface area contributed by atoms with Crippen LogP contribution in [0.3, 0.4) is 0 Å². The van der Waals surface area contributed by atoms with Gasteiger partial charge in [0.1, 0.15) is 0 Å². The number of carbonyl (C=O) groups is 1. The van der Waals surface area contributed by atoms with E-state index in [1.54, 1.807) is 0 Å². The molecule has 0 radical (unpaired) electrons. The highest BCUT2D eigenvalue weighted by Gasteiger charge is 2.18. The van der Waals surface area contributed by atoms with E-state index in [1.807, 2.05) is 24.3 Å². The maximum absolute atomic E-state index is 12.0. The Bertz CT molecular complexity index is 482. The highest BCUT2D eigenvalue weighted by Crippen LogP contribution is 2.20. The normalized spacial score (nSPS) is 18.1. The third-order valence-electron chi connectivity index (χ3n) is 3.14. The molecule has 0 fully saturated rings. The van der Waals surface area contributed by atoms with Crippen LogP contribution in [0.5, 0.6) is 0 Å². The number of nitrogens with one attached hydrogen (secondary N) is 1. The van der Waals surface area contributed by atoms with Gasteiger partial charge < -0.3 is 5.32 Å². The number of hydrogen-bond donors (Lipinski definition) is 1. The SMILES string of the molecule is N#CCc1ccc(NC(=O)C2CC=CCC2)cc1. The summed E-state index contributed by atoms with van der Waals surface area (Å²) in [5.74, 6) is 0.182. The third-order valence-corrected chi connectivity index (χ3v) is 3.14. The summed E-state index contributed by atoms with van der Waals surface area (Å²) in [7, 11) is 0. The van der Waals surface area contributed by atoms with E-state index >= 15 is 0 Å². The van der Waals surface area contributed by atoms with E-state index in [-0.39, 0.29) is 11.8 Å². The molecule has 0 heterocycles. The Hall–Kier alpha value is -2.08. The van der Waals surface area contributed by atoms with Crippen molar-refractivity contribution in [3.63, 3.8) is 0 Å². The zero-order valence-corrected chi connectivity index (χ0v) is 10.2. The van der Waals surface area contributed by atoms with Crippen molar-refractivity contribution in [2.75, 3.05) is 5.32 Å². The van der Waals surface area contributed by atoms with Gasteiger partial charge >= 0.3 is 0 Å². The van der Waals surface area contributed by atoms with Crippen molar-refractivity contribution in [1.82, 2.24) is 0 Å². The zero-order chi connectivity index (χ0) is 12.8. The molecule has 1 aliphatic carbocycles. The number of anilines is 1. The second-order valence-corrected chi connectivity index (χ2v) is 4.50. The molecule has 3 heteroatoms. The first kappa shape index (κ1) is 12.4. The summed E-state index contributed by atoms with van der Waals surface area (Å²) in [6, 6.07) is 9.55.